The van der Waals surface area contributed by atoms with Crippen molar-refractivity contribution < 1.29 is 17.9 Å². The van der Waals surface area contributed by atoms with Gasteiger partial charge in [-0.25, -0.2) is 8.42 Å². The highest BCUT2D eigenvalue weighted by atomic mass is 32.2. The first-order valence-electron chi connectivity index (χ1n) is 7.52. The maximum Gasteiger partial charge on any atom is 0.271 e. The number of carbonyl (C=O) groups is 1. The molecule has 2 aromatic rings. The SMILES string of the molecule is CC1COCCN1C(=O)c1ccc(NS(=O)(=O)c2cccs2)cc1. The van der Waals surface area contributed by atoms with E-state index in [0.29, 0.717) is 31.0 Å². The van der Waals surface area contributed by atoms with Gasteiger partial charge in [0.15, 0.2) is 0 Å². The van der Waals surface area contributed by atoms with Crippen molar-refractivity contribution in [1.82, 2.24) is 4.90 Å². The first-order chi connectivity index (χ1) is 11.5. The molecule has 1 unspecified atom stereocenters. The maximum absolute atomic E-state index is 12.5. The van der Waals surface area contributed by atoms with Gasteiger partial charge in [0, 0.05) is 17.8 Å². The number of amides is 1. The van der Waals surface area contributed by atoms with Crippen LogP contribution in [0.5, 0.6) is 0 Å². The van der Waals surface area contributed by atoms with Crippen LogP contribution in [0.3, 0.4) is 0 Å². The number of carbonyl (C=O) groups excluding carboxylic acids is 1. The van der Waals surface area contributed by atoms with Gasteiger partial charge in [0.2, 0.25) is 0 Å². The number of anilines is 1. The minimum absolute atomic E-state index is 0.0308. The van der Waals surface area contributed by atoms with Crippen molar-refractivity contribution in [3.05, 3.63) is 47.3 Å². The second kappa shape index (κ2) is 6.92. The number of rotatable bonds is 4. The normalized spacial score (nSPS) is 18.4. The number of sulfonamides is 1. The standard InChI is InChI=1S/C16H18N2O4S2/c1-12-11-22-9-8-18(12)16(19)13-4-6-14(7-5-13)17-24(20,21)15-3-2-10-23-15/h2-7,10,12,17H,8-9,11H2,1H3. The van der Waals surface area contributed by atoms with Crippen LogP contribution in [-0.4, -0.2) is 45.0 Å². The van der Waals surface area contributed by atoms with Crippen LogP contribution in [0.15, 0.2) is 46.0 Å². The molecule has 0 spiro atoms. The van der Waals surface area contributed by atoms with Crippen molar-refractivity contribution in [3.63, 3.8) is 0 Å². The summed E-state index contributed by atoms with van der Waals surface area (Å²) in [6, 6.07) is 9.73. The van der Waals surface area contributed by atoms with Gasteiger partial charge in [0.25, 0.3) is 15.9 Å². The van der Waals surface area contributed by atoms with Gasteiger partial charge < -0.3 is 9.64 Å². The van der Waals surface area contributed by atoms with E-state index in [-0.39, 0.29) is 16.2 Å². The topological polar surface area (TPSA) is 75.7 Å². The summed E-state index contributed by atoms with van der Waals surface area (Å²) in [5.74, 6) is -0.0709. The average molecular weight is 366 g/mol. The van der Waals surface area contributed by atoms with E-state index in [1.807, 2.05) is 6.92 Å². The lowest BCUT2D eigenvalue weighted by atomic mass is 10.1. The first-order valence-corrected chi connectivity index (χ1v) is 9.89. The smallest absolute Gasteiger partial charge is 0.271 e. The van der Waals surface area contributed by atoms with E-state index in [9.17, 15) is 13.2 Å². The Labute approximate surface area is 145 Å². The summed E-state index contributed by atoms with van der Waals surface area (Å²) in [5.41, 5.74) is 0.956. The minimum atomic E-state index is -3.58. The average Bonchev–Trinajstić information content (AvgIpc) is 3.10. The van der Waals surface area contributed by atoms with Gasteiger partial charge in [0.1, 0.15) is 4.21 Å². The number of ether oxygens (including phenoxy) is 1. The molecule has 1 aromatic carbocycles. The Morgan fingerprint density at radius 2 is 2.04 bits per heavy atom. The van der Waals surface area contributed by atoms with Crippen molar-refractivity contribution in [3.8, 4) is 0 Å². The Kier molecular flexibility index (Phi) is 4.88. The molecule has 6 nitrogen and oxygen atoms in total. The number of morpholine rings is 1. The molecule has 2 heterocycles. The monoisotopic (exact) mass is 366 g/mol. The van der Waals surface area contributed by atoms with E-state index >= 15 is 0 Å². The first kappa shape index (κ1) is 16.9. The van der Waals surface area contributed by atoms with Crippen molar-refractivity contribution >= 4 is 33.0 Å². The van der Waals surface area contributed by atoms with Gasteiger partial charge in [-0.2, -0.15) is 0 Å². The summed E-state index contributed by atoms with van der Waals surface area (Å²) < 4.78 is 32.5. The molecule has 8 heteroatoms. The molecule has 1 atom stereocenters. The lowest BCUT2D eigenvalue weighted by molar-refractivity contribution is 0.00359. The predicted octanol–water partition coefficient (Wildman–Crippen LogP) is 2.41. The van der Waals surface area contributed by atoms with Gasteiger partial charge in [-0.05, 0) is 42.6 Å². The Bertz CT molecular complexity index is 801. The number of hydrogen-bond donors (Lipinski definition) is 1. The van der Waals surface area contributed by atoms with E-state index in [2.05, 4.69) is 4.72 Å². The molecule has 1 aliphatic rings. The fourth-order valence-corrected chi connectivity index (χ4v) is 4.55. The van der Waals surface area contributed by atoms with E-state index in [4.69, 9.17) is 4.74 Å². The molecule has 0 saturated carbocycles. The zero-order valence-electron chi connectivity index (χ0n) is 13.1. The van der Waals surface area contributed by atoms with E-state index in [1.165, 1.54) is 0 Å². The number of nitrogens with one attached hydrogen (secondary N) is 1. The molecule has 3 rings (SSSR count). The number of benzene rings is 1. The highest BCUT2D eigenvalue weighted by Crippen LogP contribution is 2.21. The van der Waals surface area contributed by atoms with Gasteiger partial charge in [0.05, 0.1) is 19.3 Å². The molecule has 24 heavy (non-hydrogen) atoms. The van der Waals surface area contributed by atoms with Crippen LogP contribution >= 0.6 is 11.3 Å². The molecule has 1 N–H and O–H groups in total. The zero-order chi connectivity index (χ0) is 17.2. The molecule has 1 amide bonds. The Morgan fingerprint density at radius 1 is 1.29 bits per heavy atom. The van der Waals surface area contributed by atoms with Gasteiger partial charge in [-0.3, -0.25) is 9.52 Å². The van der Waals surface area contributed by atoms with Crippen molar-refractivity contribution in [1.29, 1.82) is 0 Å². The predicted molar refractivity (Wildman–Crippen MR) is 92.9 cm³/mol. The molecule has 0 aliphatic carbocycles. The molecule has 1 fully saturated rings. The molecular weight excluding hydrogens is 348 g/mol. The molecular formula is C16H18N2O4S2. The van der Waals surface area contributed by atoms with Crippen LogP contribution in [0.1, 0.15) is 17.3 Å². The summed E-state index contributed by atoms with van der Waals surface area (Å²) in [4.78, 5) is 14.3. The Morgan fingerprint density at radius 3 is 2.67 bits per heavy atom. The summed E-state index contributed by atoms with van der Waals surface area (Å²) >= 11 is 1.15. The third-order valence-corrected chi connectivity index (χ3v) is 6.55. The molecule has 1 aromatic heterocycles. The van der Waals surface area contributed by atoms with Crippen molar-refractivity contribution in [2.24, 2.45) is 0 Å². The minimum Gasteiger partial charge on any atom is -0.377 e. The second-order valence-corrected chi connectivity index (χ2v) is 8.39. The van der Waals surface area contributed by atoms with E-state index < -0.39 is 10.0 Å². The second-order valence-electron chi connectivity index (χ2n) is 5.54. The van der Waals surface area contributed by atoms with Gasteiger partial charge >= 0.3 is 0 Å². The van der Waals surface area contributed by atoms with Crippen LogP contribution < -0.4 is 4.72 Å². The van der Waals surface area contributed by atoms with Crippen LogP contribution in [0.2, 0.25) is 0 Å². The largest absolute Gasteiger partial charge is 0.377 e. The fourth-order valence-electron chi connectivity index (χ4n) is 2.50. The third kappa shape index (κ3) is 3.61. The van der Waals surface area contributed by atoms with Crippen molar-refractivity contribution in [2.75, 3.05) is 24.5 Å². The zero-order valence-corrected chi connectivity index (χ0v) is 14.8. The van der Waals surface area contributed by atoms with Crippen LogP contribution in [0.4, 0.5) is 5.69 Å². The van der Waals surface area contributed by atoms with Crippen molar-refractivity contribution in [2.45, 2.75) is 17.2 Å². The van der Waals surface area contributed by atoms with Crippen LogP contribution in [-0.2, 0) is 14.8 Å². The molecule has 0 radical (unpaired) electrons. The quantitative estimate of drug-likeness (QED) is 0.902. The van der Waals surface area contributed by atoms with Crippen LogP contribution in [0.25, 0.3) is 0 Å². The molecule has 0 bridgehead atoms. The van der Waals surface area contributed by atoms with Crippen LogP contribution in [0, 0.1) is 0 Å². The molecule has 1 saturated heterocycles. The van der Waals surface area contributed by atoms with E-state index in [1.54, 1.807) is 46.7 Å². The Balaban J connectivity index is 1.72. The Hall–Kier alpha value is -1.90. The number of hydrogen-bond acceptors (Lipinski definition) is 5. The molecule has 128 valence electrons. The number of nitrogens with zero attached hydrogens (tertiary/aromatic N) is 1. The summed E-state index contributed by atoms with van der Waals surface area (Å²) in [6.07, 6.45) is 0. The van der Waals surface area contributed by atoms with E-state index in [0.717, 1.165) is 11.3 Å². The summed E-state index contributed by atoms with van der Waals surface area (Å²) in [6.45, 7) is 3.58. The highest BCUT2D eigenvalue weighted by Gasteiger charge is 2.24. The number of thiophene rings is 1. The molecule has 1 aliphatic heterocycles. The summed E-state index contributed by atoms with van der Waals surface area (Å²) in [5, 5.41) is 1.71. The lowest BCUT2D eigenvalue weighted by Crippen LogP contribution is -2.47. The van der Waals surface area contributed by atoms with Gasteiger partial charge in [-0.15, -0.1) is 11.3 Å². The fraction of sp³-hybridized carbons (Fsp3) is 0.312. The highest BCUT2D eigenvalue weighted by molar-refractivity contribution is 7.94. The third-order valence-electron chi connectivity index (χ3n) is 3.77. The van der Waals surface area contributed by atoms with Gasteiger partial charge in [-0.1, -0.05) is 6.07 Å². The maximum atomic E-state index is 12.5. The lowest BCUT2D eigenvalue weighted by Gasteiger charge is -2.33. The summed E-state index contributed by atoms with van der Waals surface area (Å²) in [7, 11) is -3.58.